The zero-order valence-electron chi connectivity index (χ0n) is 24.6. The van der Waals surface area contributed by atoms with Gasteiger partial charge in [-0.3, -0.25) is 9.98 Å². The van der Waals surface area contributed by atoms with E-state index >= 15 is 0 Å². The molecule has 2 fully saturated rings. The third-order valence-electron chi connectivity index (χ3n) is 9.03. The van der Waals surface area contributed by atoms with Gasteiger partial charge in [0.05, 0.1) is 0 Å². The first-order chi connectivity index (χ1) is 19.6. The van der Waals surface area contributed by atoms with Crippen LogP contribution in [0.2, 0.25) is 0 Å². The van der Waals surface area contributed by atoms with E-state index < -0.39 is 0 Å². The number of benzene rings is 2. The van der Waals surface area contributed by atoms with Crippen LogP contribution in [0.4, 0.5) is 11.4 Å². The van der Waals surface area contributed by atoms with E-state index in [0.29, 0.717) is 9.49 Å². The van der Waals surface area contributed by atoms with E-state index in [0.717, 1.165) is 36.3 Å². The first kappa shape index (κ1) is 29.6. The van der Waals surface area contributed by atoms with E-state index in [9.17, 15) is 0 Å². The molecule has 0 amide bonds. The molecule has 0 saturated heterocycles. The number of rotatable bonds is 4. The van der Waals surface area contributed by atoms with Crippen LogP contribution in [0.15, 0.2) is 58.5 Å². The van der Waals surface area contributed by atoms with Gasteiger partial charge in [0.15, 0.2) is 10.3 Å². The molecule has 0 bridgehead atoms. The average molecular weight is 577 g/mol. The monoisotopic (exact) mass is 576 g/mol. The number of aliphatic imine (C=N–C) groups is 2. The standard InChI is InChI=1S/2C17H24N2S/c2*1-2-14-6-8-15(9-7-14)19-16-18-13-12-17(20-16)10-4-3-5-11-17/h2*6-9H,2-5,10-13H2,1H3,(H,18,19). The number of thioether (sulfide) groups is 2. The van der Waals surface area contributed by atoms with Crippen molar-refractivity contribution in [1.82, 2.24) is 0 Å². The fraction of sp³-hybridized carbons (Fsp3) is 0.588. The van der Waals surface area contributed by atoms with E-state index in [1.54, 1.807) is 0 Å². The summed E-state index contributed by atoms with van der Waals surface area (Å²) >= 11 is 4.00. The summed E-state index contributed by atoms with van der Waals surface area (Å²) in [6, 6.07) is 17.5. The Morgan fingerprint density at radius 2 is 0.925 bits per heavy atom. The summed E-state index contributed by atoms with van der Waals surface area (Å²) in [7, 11) is 0. The summed E-state index contributed by atoms with van der Waals surface area (Å²) in [5.74, 6) is 0. The maximum absolute atomic E-state index is 4.69. The van der Waals surface area contributed by atoms with Gasteiger partial charge in [0.1, 0.15) is 0 Å². The molecule has 2 aliphatic carbocycles. The van der Waals surface area contributed by atoms with Crippen LogP contribution in [0.5, 0.6) is 0 Å². The van der Waals surface area contributed by atoms with Crippen molar-refractivity contribution < 1.29 is 0 Å². The third kappa shape index (κ3) is 8.09. The van der Waals surface area contributed by atoms with Crippen LogP contribution in [0.1, 0.15) is 102 Å². The lowest BCUT2D eigenvalue weighted by Gasteiger charge is -2.39. The minimum atomic E-state index is 0.478. The molecule has 2 N–H and O–H groups in total. The number of nitrogens with zero attached hydrogens (tertiary/aromatic N) is 2. The molecule has 6 heteroatoms. The zero-order chi connectivity index (χ0) is 27.7. The molecule has 2 heterocycles. The van der Waals surface area contributed by atoms with Crippen molar-refractivity contribution in [2.45, 2.75) is 113 Å². The fourth-order valence-corrected chi connectivity index (χ4v) is 9.26. The van der Waals surface area contributed by atoms with Crippen LogP contribution >= 0.6 is 23.5 Å². The molecular formula is C34H48N4S2. The highest BCUT2D eigenvalue weighted by molar-refractivity contribution is 8.15. The van der Waals surface area contributed by atoms with Gasteiger partial charge in [-0.2, -0.15) is 0 Å². The van der Waals surface area contributed by atoms with Crippen LogP contribution in [-0.2, 0) is 12.8 Å². The number of anilines is 2. The lowest BCUT2D eigenvalue weighted by atomic mass is 9.86. The molecule has 0 aromatic heterocycles. The molecule has 2 spiro atoms. The molecule has 216 valence electrons. The predicted octanol–water partition coefficient (Wildman–Crippen LogP) is 9.71. The molecule has 0 unspecified atom stereocenters. The van der Waals surface area contributed by atoms with Gasteiger partial charge < -0.3 is 10.6 Å². The second-order valence-electron chi connectivity index (χ2n) is 11.9. The largest absolute Gasteiger partial charge is 0.335 e. The molecule has 4 nitrogen and oxygen atoms in total. The second-order valence-corrected chi connectivity index (χ2v) is 14.8. The Hall–Kier alpha value is -1.92. The van der Waals surface area contributed by atoms with E-state index in [1.165, 1.54) is 99.6 Å². The Labute approximate surface area is 251 Å². The Balaban J connectivity index is 0.000000161. The van der Waals surface area contributed by atoms with E-state index in [2.05, 4.69) is 83.0 Å². The molecule has 2 aliphatic heterocycles. The summed E-state index contributed by atoms with van der Waals surface area (Å²) in [4.78, 5) is 9.37. The van der Waals surface area contributed by atoms with Crippen LogP contribution < -0.4 is 10.6 Å². The summed E-state index contributed by atoms with van der Waals surface area (Å²) in [6.07, 6.45) is 18.6. The van der Waals surface area contributed by atoms with Crippen LogP contribution in [0.3, 0.4) is 0 Å². The Morgan fingerprint density at radius 3 is 1.27 bits per heavy atom. The number of hydrogen-bond donors (Lipinski definition) is 2. The van der Waals surface area contributed by atoms with Gasteiger partial charge in [-0.1, -0.05) is 100 Å². The molecule has 4 aliphatic rings. The van der Waals surface area contributed by atoms with Crippen molar-refractivity contribution in [2.24, 2.45) is 9.98 Å². The minimum absolute atomic E-state index is 0.478. The normalized spacial score (nSPS) is 21.6. The van der Waals surface area contributed by atoms with Gasteiger partial charge >= 0.3 is 0 Å². The Kier molecular flexibility index (Phi) is 10.6. The summed E-state index contributed by atoms with van der Waals surface area (Å²) < 4.78 is 0.956. The molecule has 6 rings (SSSR count). The highest BCUT2D eigenvalue weighted by Crippen LogP contribution is 2.46. The molecule has 2 saturated carbocycles. The van der Waals surface area contributed by atoms with Crippen molar-refractivity contribution in [2.75, 3.05) is 23.7 Å². The highest BCUT2D eigenvalue weighted by Gasteiger charge is 2.37. The lowest BCUT2D eigenvalue weighted by Crippen LogP contribution is -2.35. The SMILES string of the molecule is CCc1ccc(NC2=NCCC3(CCCCC3)S2)cc1.CCc1ccc(NC2=NCCC3(CCCCC3)S2)cc1. The zero-order valence-corrected chi connectivity index (χ0v) is 26.3. The van der Waals surface area contributed by atoms with Crippen molar-refractivity contribution in [3.8, 4) is 0 Å². The van der Waals surface area contributed by atoms with Gasteiger partial charge in [-0.05, 0) is 86.8 Å². The van der Waals surface area contributed by atoms with Gasteiger partial charge in [0.25, 0.3) is 0 Å². The van der Waals surface area contributed by atoms with E-state index in [1.807, 2.05) is 23.5 Å². The maximum atomic E-state index is 4.69. The summed E-state index contributed by atoms with van der Waals surface area (Å²) in [6.45, 7) is 6.36. The van der Waals surface area contributed by atoms with E-state index in [-0.39, 0.29) is 0 Å². The van der Waals surface area contributed by atoms with Gasteiger partial charge in [0, 0.05) is 34.0 Å². The first-order valence-electron chi connectivity index (χ1n) is 15.8. The molecule has 40 heavy (non-hydrogen) atoms. The molecule has 2 aromatic carbocycles. The lowest BCUT2D eigenvalue weighted by molar-refractivity contribution is 0.381. The number of nitrogens with one attached hydrogen (secondary N) is 2. The van der Waals surface area contributed by atoms with Crippen LogP contribution in [0.25, 0.3) is 0 Å². The van der Waals surface area contributed by atoms with Gasteiger partial charge in [-0.25, -0.2) is 0 Å². The third-order valence-corrected chi connectivity index (χ3v) is 12.0. The topological polar surface area (TPSA) is 48.8 Å². The molecular weight excluding hydrogens is 529 g/mol. The van der Waals surface area contributed by atoms with Crippen LogP contribution in [-0.4, -0.2) is 32.9 Å². The highest BCUT2D eigenvalue weighted by atomic mass is 32.2. The van der Waals surface area contributed by atoms with Crippen molar-refractivity contribution in [3.63, 3.8) is 0 Å². The fourth-order valence-electron chi connectivity index (χ4n) is 6.42. The Bertz CT molecular complexity index is 1040. The first-order valence-corrected chi connectivity index (χ1v) is 17.4. The molecule has 0 atom stereocenters. The molecule has 0 radical (unpaired) electrons. The van der Waals surface area contributed by atoms with Crippen LogP contribution in [0, 0.1) is 0 Å². The Morgan fingerprint density at radius 1 is 0.550 bits per heavy atom. The second kappa shape index (κ2) is 14.3. The number of amidine groups is 2. The quantitative estimate of drug-likeness (QED) is 0.380. The van der Waals surface area contributed by atoms with Crippen molar-refractivity contribution >= 4 is 45.2 Å². The summed E-state index contributed by atoms with van der Waals surface area (Å²) in [5, 5.41) is 9.29. The van der Waals surface area contributed by atoms with Crippen molar-refractivity contribution in [3.05, 3.63) is 59.7 Å². The van der Waals surface area contributed by atoms with Crippen molar-refractivity contribution in [1.29, 1.82) is 0 Å². The average Bonchev–Trinajstić information content (AvgIpc) is 2.99. The van der Waals surface area contributed by atoms with Gasteiger partial charge in [-0.15, -0.1) is 0 Å². The predicted molar refractivity (Wildman–Crippen MR) is 180 cm³/mol. The van der Waals surface area contributed by atoms with E-state index in [4.69, 9.17) is 0 Å². The van der Waals surface area contributed by atoms with Gasteiger partial charge in [0.2, 0.25) is 0 Å². The number of aryl methyl sites for hydroxylation is 2. The number of hydrogen-bond acceptors (Lipinski definition) is 6. The maximum Gasteiger partial charge on any atom is 0.161 e. The smallest absolute Gasteiger partial charge is 0.161 e. The minimum Gasteiger partial charge on any atom is -0.335 e. The summed E-state index contributed by atoms with van der Waals surface area (Å²) in [5.41, 5.74) is 5.11. The molecule has 2 aromatic rings.